The second-order valence-electron chi connectivity index (χ2n) is 4.87. The van der Waals surface area contributed by atoms with Gasteiger partial charge in [-0.25, -0.2) is 0 Å². The highest BCUT2D eigenvalue weighted by Gasteiger charge is 2.22. The molecule has 0 saturated heterocycles. The van der Waals surface area contributed by atoms with Crippen LogP contribution in [0, 0.1) is 3.57 Å². The maximum Gasteiger partial charge on any atom is 0.330 e. The molecule has 1 rings (SSSR count). The van der Waals surface area contributed by atoms with Gasteiger partial charge in [-0.05, 0) is 58.7 Å². The van der Waals surface area contributed by atoms with Gasteiger partial charge < -0.3 is 18.1 Å². The molecule has 0 radical (unpaired) electrons. The third-order valence-corrected chi connectivity index (χ3v) is 7.87. The van der Waals surface area contributed by atoms with Crippen LogP contribution in [0.25, 0.3) is 0 Å². The van der Waals surface area contributed by atoms with Gasteiger partial charge in [0.2, 0.25) is 0 Å². The maximum atomic E-state index is 12.1. The zero-order valence-electron chi connectivity index (χ0n) is 13.8. The zero-order chi connectivity index (χ0) is 17.5. The molecular formula is C14H23IO6P2. The van der Waals surface area contributed by atoms with Gasteiger partial charge in [0.05, 0.1) is 12.3 Å². The van der Waals surface area contributed by atoms with E-state index in [4.69, 9.17) is 18.1 Å². The summed E-state index contributed by atoms with van der Waals surface area (Å²) in [7, 11) is -0.485. The molecule has 1 aromatic rings. The van der Waals surface area contributed by atoms with Gasteiger partial charge in [-0.15, -0.1) is 0 Å². The lowest BCUT2D eigenvalue weighted by Gasteiger charge is -2.15. The SMILES string of the molecule is COP(=O)(CCc1cc(I)cc(CCP(=O)(OC)OC)c1)OC. The molecule has 0 heterocycles. The average Bonchev–Trinajstić information content (AvgIpc) is 2.57. The minimum absolute atomic E-state index is 0.314. The molecule has 0 amide bonds. The Morgan fingerprint density at radius 1 is 0.783 bits per heavy atom. The molecule has 0 atom stereocenters. The summed E-state index contributed by atoms with van der Waals surface area (Å²) in [4.78, 5) is 0. The van der Waals surface area contributed by atoms with E-state index in [1.54, 1.807) is 0 Å². The predicted octanol–water partition coefficient (Wildman–Crippen LogP) is 4.35. The van der Waals surface area contributed by atoms with Crippen LogP contribution < -0.4 is 0 Å². The van der Waals surface area contributed by atoms with Gasteiger partial charge >= 0.3 is 15.2 Å². The molecule has 0 aliphatic rings. The molecular weight excluding hydrogens is 453 g/mol. The molecule has 0 saturated carbocycles. The van der Waals surface area contributed by atoms with E-state index in [0.717, 1.165) is 14.7 Å². The van der Waals surface area contributed by atoms with E-state index in [-0.39, 0.29) is 0 Å². The van der Waals surface area contributed by atoms with E-state index in [0.29, 0.717) is 25.2 Å². The second kappa shape index (κ2) is 9.66. The van der Waals surface area contributed by atoms with Crippen LogP contribution >= 0.6 is 37.8 Å². The van der Waals surface area contributed by atoms with E-state index < -0.39 is 15.2 Å². The normalized spacial score (nSPS) is 12.6. The fourth-order valence-corrected chi connectivity index (χ4v) is 4.94. The third-order valence-electron chi connectivity index (χ3n) is 3.48. The molecule has 0 aliphatic carbocycles. The van der Waals surface area contributed by atoms with Crippen LogP contribution in [0.1, 0.15) is 11.1 Å². The van der Waals surface area contributed by atoms with Crippen molar-refractivity contribution in [2.75, 3.05) is 40.8 Å². The predicted molar refractivity (Wildman–Crippen MR) is 99.6 cm³/mol. The summed E-state index contributed by atoms with van der Waals surface area (Å²) >= 11 is 2.23. The maximum absolute atomic E-state index is 12.1. The number of halogens is 1. The summed E-state index contributed by atoms with van der Waals surface area (Å²) in [6, 6.07) is 6.05. The molecule has 0 bridgehead atoms. The van der Waals surface area contributed by atoms with Crippen molar-refractivity contribution in [2.24, 2.45) is 0 Å². The first-order valence-electron chi connectivity index (χ1n) is 6.99. The van der Waals surface area contributed by atoms with E-state index >= 15 is 0 Å². The average molecular weight is 476 g/mol. The minimum atomic E-state index is -3.02. The highest BCUT2D eigenvalue weighted by molar-refractivity contribution is 14.1. The standard InChI is InChI=1S/C14H23IO6P2/c1-18-22(16,19-2)7-5-12-9-13(11-14(15)10-12)6-8-23(17,20-3)21-4/h9-11H,5-8H2,1-4H3. The lowest BCUT2D eigenvalue weighted by molar-refractivity contribution is 0.275. The summed E-state index contributed by atoms with van der Waals surface area (Å²) in [6.07, 6.45) is 1.78. The smallest absolute Gasteiger partial charge is 0.312 e. The van der Waals surface area contributed by atoms with Crippen LogP contribution in [0.3, 0.4) is 0 Å². The second-order valence-corrected chi connectivity index (χ2v) is 10.9. The Labute approximate surface area is 151 Å². The molecule has 9 heteroatoms. The van der Waals surface area contributed by atoms with E-state index in [1.807, 2.05) is 18.2 Å². The van der Waals surface area contributed by atoms with Crippen LogP contribution in [-0.2, 0) is 40.1 Å². The zero-order valence-corrected chi connectivity index (χ0v) is 17.7. The van der Waals surface area contributed by atoms with Crippen LogP contribution in [-0.4, -0.2) is 40.8 Å². The van der Waals surface area contributed by atoms with Crippen molar-refractivity contribution in [3.63, 3.8) is 0 Å². The first-order valence-corrected chi connectivity index (χ1v) is 11.5. The van der Waals surface area contributed by atoms with E-state index in [2.05, 4.69) is 22.6 Å². The van der Waals surface area contributed by atoms with Crippen LogP contribution in [0.15, 0.2) is 18.2 Å². The number of hydrogen-bond donors (Lipinski definition) is 0. The Kier molecular flexibility index (Phi) is 8.94. The van der Waals surface area contributed by atoms with E-state index in [9.17, 15) is 9.13 Å². The molecule has 0 N–H and O–H groups in total. The van der Waals surface area contributed by atoms with Crippen molar-refractivity contribution >= 4 is 37.8 Å². The highest BCUT2D eigenvalue weighted by atomic mass is 127. The van der Waals surface area contributed by atoms with Gasteiger partial charge in [-0.3, -0.25) is 9.13 Å². The molecule has 0 aromatic heterocycles. The van der Waals surface area contributed by atoms with Gasteiger partial charge in [0, 0.05) is 32.0 Å². The van der Waals surface area contributed by atoms with Crippen molar-refractivity contribution < 1.29 is 27.2 Å². The van der Waals surface area contributed by atoms with Gasteiger partial charge in [0.15, 0.2) is 0 Å². The Balaban J connectivity index is 2.80. The van der Waals surface area contributed by atoms with Crippen molar-refractivity contribution in [3.05, 3.63) is 32.9 Å². The van der Waals surface area contributed by atoms with E-state index in [1.165, 1.54) is 28.4 Å². The Morgan fingerprint density at radius 3 is 1.43 bits per heavy atom. The quantitative estimate of drug-likeness (QED) is 0.370. The molecule has 132 valence electrons. The van der Waals surface area contributed by atoms with Gasteiger partial charge in [0.1, 0.15) is 0 Å². The van der Waals surface area contributed by atoms with Crippen molar-refractivity contribution in [2.45, 2.75) is 12.8 Å². The fraction of sp³-hybridized carbons (Fsp3) is 0.571. The summed E-state index contributed by atoms with van der Waals surface area (Å²) in [5.41, 5.74) is 2.07. The summed E-state index contributed by atoms with van der Waals surface area (Å²) in [6.45, 7) is 0. The number of hydrogen-bond acceptors (Lipinski definition) is 6. The monoisotopic (exact) mass is 476 g/mol. The molecule has 1 aromatic carbocycles. The molecule has 23 heavy (non-hydrogen) atoms. The van der Waals surface area contributed by atoms with Gasteiger partial charge in [-0.2, -0.15) is 0 Å². The Morgan fingerprint density at radius 2 is 1.13 bits per heavy atom. The minimum Gasteiger partial charge on any atom is -0.312 e. The first-order chi connectivity index (χ1) is 10.8. The van der Waals surface area contributed by atoms with Crippen LogP contribution in [0.2, 0.25) is 0 Å². The van der Waals surface area contributed by atoms with Crippen molar-refractivity contribution in [1.82, 2.24) is 0 Å². The van der Waals surface area contributed by atoms with Gasteiger partial charge in [-0.1, -0.05) is 6.07 Å². The lowest BCUT2D eigenvalue weighted by atomic mass is 10.1. The molecule has 0 fully saturated rings. The lowest BCUT2D eigenvalue weighted by Crippen LogP contribution is -2.02. The largest absolute Gasteiger partial charge is 0.330 e. The number of rotatable bonds is 10. The first kappa shape index (κ1) is 21.3. The summed E-state index contributed by atoms with van der Waals surface area (Å²) in [5, 5.41) is 0. The highest BCUT2D eigenvalue weighted by Crippen LogP contribution is 2.47. The Hall–Kier alpha value is 0.250. The molecule has 6 nitrogen and oxygen atoms in total. The molecule has 0 aliphatic heterocycles. The van der Waals surface area contributed by atoms with Crippen LogP contribution in [0.5, 0.6) is 0 Å². The number of benzene rings is 1. The molecule has 0 unspecified atom stereocenters. The summed E-state index contributed by atoms with van der Waals surface area (Å²) in [5.74, 6) is 0. The van der Waals surface area contributed by atoms with Crippen LogP contribution in [0.4, 0.5) is 0 Å². The van der Waals surface area contributed by atoms with Crippen molar-refractivity contribution in [1.29, 1.82) is 0 Å². The van der Waals surface area contributed by atoms with Crippen molar-refractivity contribution in [3.8, 4) is 0 Å². The summed E-state index contributed by atoms with van der Waals surface area (Å²) < 4.78 is 45.1. The number of aryl methyl sites for hydroxylation is 2. The third kappa shape index (κ3) is 6.94. The Bertz CT molecular complexity index is 543. The van der Waals surface area contributed by atoms with Gasteiger partial charge in [0.25, 0.3) is 0 Å². The topological polar surface area (TPSA) is 71.1 Å². The fourth-order valence-electron chi connectivity index (χ4n) is 2.05. The molecule has 0 spiro atoms.